The van der Waals surface area contributed by atoms with Crippen LogP contribution in [0.2, 0.25) is 0 Å². The van der Waals surface area contributed by atoms with Gasteiger partial charge in [0, 0.05) is 11.4 Å². The third kappa shape index (κ3) is 2.94. The first-order valence-corrected chi connectivity index (χ1v) is 6.91. The molecule has 6 heteroatoms. The Hall–Kier alpha value is -3.07. The number of benzene rings is 1. The zero-order valence-corrected chi connectivity index (χ0v) is 13.0. The van der Waals surface area contributed by atoms with Crippen molar-refractivity contribution < 1.29 is 19.4 Å². The molecule has 0 aliphatic carbocycles. The van der Waals surface area contributed by atoms with Crippen LogP contribution in [0, 0.1) is 11.3 Å². The molecular formula is C17H16N2O4. The molecule has 2 rings (SSSR count). The SMILES string of the molecule is COC(=O)C1=C(C)NC(C)=C(C(=O)O)C1c1cccc(C#N)c1. The fraction of sp³-hybridized carbons (Fsp3) is 0.235. The molecule has 1 heterocycles. The first-order valence-electron chi connectivity index (χ1n) is 6.91. The molecule has 1 atom stereocenters. The lowest BCUT2D eigenvalue weighted by Gasteiger charge is -2.29. The van der Waals surface area contributed by atoms with Crippen LogP contribution >= 0.6 is 0 Å². The van der Waals surface area contributed by atoms with Gasteiger partial charge in [0.1, 0.15) is 0 Å². The second-order valence-electron chi connectivity index (χ2n) is 5.17. The van der Waals surface area contributed by atoms with Crippen molar-refractivity contribution in [2.24, 2.45) is 0 Å². The van der Waals surface area contributed by atoms with Crippen molar-refractivity contribution in [3.63, 3.8) is 0 Å². The number of nitrogens with one attached hydrogen (secondary N) is 1. The van der Waals surface area contributed by atoms with Crippen molar-refractivity contribution in [1.29, 1.82) is 5.26 Å². The number of rotatable bonds is 3. The molecule has 1 aliphatic heterocycles. The van der Waals surface area contributed by atoms with Crippen molar-refractivity contribution in [2.75, 3.05) is 7.11 Å². The monoisotopic (exact) mass is 312 g/mol. The highest BCUT2D eigenvalue weighted by molar-refractivity contribution is 5.99. The van der Waals surface area contributed by atoms with Crippen molar-refractivity contribution in [2.45, 2.75) is 19.8 Å². The molecule has 1 aliphatic rings. The van der Waals surface area contributed by atoms with Gasteiger partial charge < -0.3 is 15.2 Å². The normalized spacial score (nSPS) is 17.4. The maximum Gasteiger partial charge on any atom is 0.336 e. The molecule has 23 heavy (non-hydrogen) atoms. The minimum Gasteiger partial charge on any atom is -0.478 e. The smallest absolute Gasteiger partial charge is 0.336 e. The van der Waals surface area contributed by atoms with E-state index in [1.165, 1.54) is 7.11 Å². The van der Waals surface area contributed by atoms with Crippen LogP contribution in [0.15, 0.2) is 46.8 Å². The summed E-state index contributed by atoms with van der Waals surface area (Å²) in [6.07, 6.45) is 0. The molecule has 1 aromatic rings. The van der Waals surface area contributed by atoms with Gasteiger partial charge in [-0.1, -0.05) is 12.1 Å². The molecule has 2 N–H and O–H groups in total. The van der Waals surface area contributed by atoms with Crippen molar-refractivity contribution in [1.82, 2.24) is 5.32 Å². The summed E-state index contributed by atoms with van der Waals surface area (Å²) in [5, 5.41) is 21.6. The molecule has 0 saturated carbocycles. The number of allylic oxidation sites excluding steroid dienone is 2. The number of hydrogen-bond donors (Lipinski definition) is 2. The van der Waals surface area contributed by atoms with E-state index in [0.29, 0.717) is 22.5 Å². The number of hydrogen-bond acceptors (Lipinski definition) is 5. The molecule has 6 nitrogen and oxygen atoms in total. The van der Waals surface area contributed by atoms with Crippen LogP contribution in [0.5, 0.6) is 0 Å². The maximum atomic E-state index is 12.2. The highest BCUT2D eigenvalue weighted by atomic mass is 16.5. The predicted molar refractivity (Wildman–Crippen MR) is 82.1 cm³/mol. The summed E-state index contributed by atoms with van der Waals surface area (Å²) in [6.45, 7) is 3.33. The van der Waals surface area contributed by atoms with E-state index in [9.17, 15) is 14.7 Å². The third-order valence-corrected chi connectivity index (χ3v) is 3.75. The van der Waals surface area contributed by atoms with E-state index in [4.69, 9.17) is 10.00 Å². The standard InChI is InChI=1S/C17H16N2O4/c1-9-13(16(20)21)15(12-6-4-5-11(7-12)8-18)14(10(2)19-9)17(22)23-3/h4-7,15,19H,1-3H3,(H,20,21). The van der Waals surface area contributed by atoms with E-state index in [1.54, 1.807) is 38.1 Å². The highest BCUT2D eigenvalue weighted by Crippen LogP contribution is 2.38. The van der Waals surface area contributed by atoms with E-state index in [-0.39, 0.29) is 11.1 Å². The summed E-state index contributed by atoms with van der Waals surface area (Å²) in [5.74, 6) is -2.53. The Kier molecular flexibility index (Phi) is 4.51. The van der Waals surface area contributed by atoms with Gasteiger partial charge in [0.2, 0.25) is 0 Å². The van der Waals surface area contributed by atoms with Gasteiger partial charge in [-0.3, -0.25) is 0 Å². The van der Waals surface area contributed by atoms with E-state index in [2.05, 4.69) is 5.32 Å². The summed E-state index contributed by atoms with van der Waals surface area (Å²) in [7, 11) is 1.25. The van der Waals surface area contributed by atoms with Crippen LogP contribution in [0.4, 0.5) is 0 Å². The van der Waals surface area contributed by atoms with Gasteiger partial charge in [-0.2, -0.15) is 5.26 Å². The summed E-state index contributed by atoms with van der Waals surface area (Å²) >= 11 is 0. The zero-order valence-electron chi connectivity index (χ0n) is 13.0. The minimum absolute atomic E-state index is 0.0612. The fourth-order valence-electron chi connectivity index (χ4n) is 2.78. The van der Waals surface area contributed by atoms with Gasteiger partial charge in [-0.25, -0.2) is 9.59 Å². The molecule has 0 bridgehead atoms. The first kappa shape index (κ1) is 16.3. The number of nitrogens with zero attached hydrogens (tertiary/aromatic N) is 1. The van der Waals surface area contributed by atoms with E-state index >= 15 is 0 Å². The van der Waals surface area contributed by atoms with E-state index in [1.807, 2.05) is 6.07 Å². The number of carboxylic acid groups (broad SMARTS) is 1. The van der Waals surface area contributed by atoms with Crippen LogP contribution in [0.25, 0.3) is 0 Å². The van der Waals surface area contributed by atoms with Gasteiger partial charge in [-0.05, 0) is 31.5 Å². The molecule has 0 aromatic heterocycles. The van der Waals surface area contributed by atoms with E-state index in [0.717, 1.165) is 0 Å². The van der Waals surface area contributed by atoms with Crippen molar-refractivity contribution >= 4 is 11.9 Å². The summed E-state index contributed by atoms with van der Waals surface area (Å²) < 4.78 is 4.81. The minimum atomic E-state index is -1.13. The Bertz CT molecular complexity index is 784. The molecule has 118 valence electrons. The van der Waals surface area contributed by atoms with Gasteiger partial charge >= 0.3 is 11.9 Å². The van der Waals surface area contributed by atoms with Crippen LogP contribution in [0.1, 0.15) is 30.9 Å². The van der Waals surface area contributed by atoms with Gasteiger partial charge in [0.15, 0.2) is 0 Å². The van der Waals surface area contributed by atoms with Crippen molar-refractivity contribution in [3.8, 4) is 6.07 Å². The third-order valence-electron chi connectivity index (χ3n) is 3.75. The van der Waals surface area contributed by atoms with Gasteiger partial charge in [0.25, 0.3) is 0 Å². The van der Waals surface area contributed by atoms with Crippen LogP contribution in [-0.2, 0) is 14.3 Å². The largest absolute Gasteiger partial charge is 0.478 e. The summed E-state index contributed by atoms with van der Waals surface area (Å²) in [4.78, 5) is 23.9. The summed E-state index contributed by atoms with van der Waals surface area (Å²) in [6, 6.07) is 8.59. The van der Waals surface area contributed by atoms with E-state index < -0.39 is 17.9 Å². The molecular weight excluding hydrogens is 296 g/mol. The quantitative estimate of drug-likeness (QED) is 0.829. The average molecular weight is 312 g/mol. The number of aliphatic carboxylic acids is 1. The Labute approximate surface area is 133 Å². The Morgan fingerprint density at radius 1 is 1.26 bits per heavy atom. The second-order valence-corrected chi connectivity index (χ2v) is 5.17. The number of ether oxygens (including phenoxy) is 1. The number of dihydropyridines is 1. The number of carboxylic acids is 1. The number of methoxy groups -OCH3 is 1. The molecule has 0 spiro atoms. The number of carbonyl (C=O) groups excluding carboxylic acids is 1. The first-order chi connectivity index (χ1) is 10.9. The van der Waals surface area contributed by atoms with Gasteiger partial charge in [-0.15, -0.1) is 0 Å². The predicted octanol–water partition coefficient (Wildman–Crippen LogP) is 2.05. The lowest BCUT2D eigenvalue weighted by atomic mass is 9.80. The van der Waals surface area contributed by atoms with Crippen LogP contribution in [-0.4, -0.2) is 24.2 Å². The molecule has 0 saturated heterocycles. The molecule has 0 amide bonds. The molecule has 1 aromatic carbocycles. The van der Waals surface area contributed by atoms with Crippen LogP contribution < -0.4 is 5.32 Å². The number of nitriles is 1. The highest BCUT2D eigenvalue weighted by Gasteiger charge is 2.36. The second kappa shape index (κ2) is 6.36. The lowest BCUT2D eigenvalue weighted by Crippen LogP contribution is -2.31. The molecule has 1 unspecified atom stereocenters. The maximum absolute atomic E-state index is 12.2. The topological polar surface area (TPSA) is 99.4 Å². The van der Waals surface area contributed by atoms with Gasteiger partial charge in [0.05, 0.1) is 35.8 Å². The van der Waals surface area contributed by atoms with Crippen LogP contribution in [0.3, 0.4) is 0 Å². The Morgan fingerprint density at radius 2 is 1.91 bits per heavy atom. The lowest BCUT2D eigenvalue weighted by molar-refractivity contribution is -0.136. The Morgan fingerprint density at radius 3 is 2.48 bits per heavy atom. The number of carbonyl (C=O) groups is 2. The number of esters is 1. The van der Waals surface area contributed by atoms with Crippen molar-refractivity contribution in [3.05, 3.63) is 57.9 Å². The molecule has 0 fully saturated rings. The molecule has 0 radical (unpaired) electrons. The zero-order chi connectivity index (χ0) is 17.1. The summed E-state index contributed by atoms with van der Waals surface area (Å²) in [5.41, 5.74) is 2.23. The average Bonchev–Trinajstić information content (AvgIpc) is 2.53. The fourth-order valence-corrected chi connectivity index (χ4v) is 2.78. The Balaban J connectivity index is 2.72.